The van der Waals surface area contributed by atoms with E-state index in [4.69, 9.17) is 19.2 Å². The lowest BCUT2D eigenvalue weighted by molar-refractivity contribution is -0.148. The summed E-state index contributed by atoms with van der Waals surface area (Å²) >= 11 is 1.29. The summed E-state index contributed by atoms with van der Waals surface area (Å²) < 4.78 is 18.0. The molecule has 4 aromatic rings. The summed E-state index contributed by atoms with van der Waals surface area (Å²) in [4.78, 5) is 33.7. The number of rotatable bonds is 9. The Bertz CT molecular complexity index is 1450. The lowest BCUT2D eigenvalue weighted by Gasteiger charge is -2.32. The first kappa shape index (κ1) is 25.6. The van der Waals surface area contributed by atoms with Crippen LogP contribution in [0.5, 0.6) is 11.5 Å². The second-order valence-electron chi connectivity index (χ2n) is 8.81. The van der Waals surface area contributed by atoms with Crippen molar-refractivity contribution in [3.05, 3.63) is 82.6 Å². The van der Waals surface area contributed by atoms with Gasteiger partial charge in [-0.25, -0.2) is 9.78 Å². The van der Waals surface area contributed by atoms with Gasteiger partial charge in [0.15, 0.2) is 6.04 Å². The molecule has 0 saturated heterocycles. The van der Waals surface area contributed by atoms with Gasteiger partial charge in [0.1, 0.15) is 16.5 Å². The fourth-order valence-electron chi connectivity index (χ4n) is 4.51. The van der Waals surface area contributed by atoms with Crippen molar-refractivity contribution in [1.82, 2.24) is 19.7 Å². The van der Waals surface area contributed by atoms with Crippen LogP contribution >= 0.6 is 11.3 Å². The third kappa shape index (κ3) is 5.18. The van der Waals surface area contributed by atoms with E-state index in [-0.39, 0.29) is 12.4 Å². The smallest absolute Gasteiger partial charge is 0.331 e. The Hall–Kier alpha value is -4.02. The average molecular weight is 533 g/mol. The number of nitrogens with zero attached hydrogens (tertiary/aromatic N) is 4. The van der Waals surface area contributed by atoms with Gasteiger partial charge in [-0.15, -0.1) is 11.3 Å². The Morgan fingerprint density at radius 2 is 1.92 bits per heavy atom. The molecule has 2 aromatic carbocycles. The van der Waals surface area contributed by atoms with Gasteiger partial charge in [-0.3, -0.25) is 14.4 Å². The quantitative estimate of drug-likeness (QED) is 0.234. The van der Waals surface area contributed by atoms with Crippen molar-refractivity contribution in [2.24, 2.45) is 0 Å². The summed E-state index contributed by atoms with van der Waals surface area (Å²) in [7, 11) is 3.16. The lowest BCUT2D eigenvalue weighted by atomic mass is 10.0. The number of ether oxygens (including phenoxy) is 3. The van der Waals surface area contributed by atoms with Crippen molar-refractivity contribution >= 4 is 23.1 Å². The van der Waals surface area contributed by atoms with E-state index in [1.165, 1.54) is 11.3 Å². The number of benzene rings is 2. The molecule has 1 aliphatic rings. The maximum absolute atomic E-state index is 13.6. The first-order chi connectivity index (χ1) is 18.5. The molecule has 0 saturated carbocycles. The number of carbonyl (C=O) groups is 2. The fourth-order valence-corrected chi connectivity index (χ4v) is 5.52. The van der Waals surface area contributed by atoms with Crippen molar-refractivity contribution in [1.29, 1.82) is 0 Å². The van der Waals surface area contributed by atoms with Gasteiger partial charge in [0, 0.05) is 36.5 Å². The maximum Gasteiger partial charge on any atom is 0.331 e. The molecule has 9 nitrogen and oxygen atoms in total. The Morgan fingerprint density at radius 3 is 2.66 bits per heavy atom. The number of esters is 1. The van der Waals surface area contributed by atoms with E-state index >= 15 is 0 Å². The van der Waals surface area contributed by atoms with Crippen LogP contribution in [-0.2, 0) is 29.2 Å². The molecule has 5 rings (SSSR count). The molecule has 0 bridgehead atoms. The van der Waals surface area contributed by atoms with Gasteiger partial charge >= 0.3 is 5.97 Å². The largest absolute Gasteiger partial charge is 0.497 e. The number of carbonyl (C=O) groups excluding carboxylic acids is 2. The maximum atomic E-state index is 13.6. The lowest BCUT2D eigenvalue weighted by Crippen LogP contribution is -2.49. The Kier molecular flexibility index (Phi) is 7.52. The van der Waals surface area contributed by atoms with Crippen molar-refractivity contribution in [3.8, 4) is 22.1 Å². The van der Waals surface area contributed by atoms with E-state index in [1.54, 1.807) is 38.3 Å². The minimum absolute atomic E-state index is 0.184. The molecule has 0 spiro atoms. The summed E-state index contributed by atoms with van der Waals surface area (Å²) in [6.07, 6.45) is 3.67. The molecule has 0 fully saturated rings. The highest BCUT2D eigenvalue weighted by Crippen LogP contribution is 2.35. The Balaban J connectivity index is 1.44. The fraction of sp³-hybridized carbons (Fsp3) is 0.286. The molecule has 1 unspecified atom stereocenters. The van der Waals surface area contributed by atoms with Gasteiger partial charge in [-0.05, 0) is 18.6 Å². The molecule has 0 aliphatic carbocycles. The third-order valence-corrected chi connectivity index (χ3v) is 7.49. The monoisotopic (exact) mass is 532 g/mol. The van der Waals surface area contributed by atoms with Crippen LogP contribution in [0.4, 0.5) is 0 Å². The number of hydrogen-bond acceptors (Lipinski definition) is 9. The summed E-state index contributed by atoms with van der Waals surface area (Å²) in [5, 5.41) is 5.16. The normalized spacial score (nSPS) is 15.2. The van der Waals surface area contributed by atoms with E-state index in [2.05, 4.69) is 5.10 Å². The molecule has 10 heteroatoms. The Morgan fingerprint density at radius 1 is 1.11 bits per heavy atom. The van der Waals surface area contributed by atoms with Gasteiger partial charge in [-0.1, -0.05) is 36.4 Å². The first-order valence-corrected chi connectivity index (χ1v) is 13.0. The number of thiazole rings is 1. The summed E-state index contributed by atoms with van der Waals surface area (Å²) in [5.41, 5.74) is 3.41. The molecule has 1 aliphatic heterocycles. The molecular weight excluding hydrogens is 504 g/mol. The number of aromatic nitrogens is 3. The van der Waals surface area contributed by atoms with Gasteiger partial charge in [0.05, 0.1) is 44.1 Å². The summed E-state index contributed by atoms with van der Waals surface area (Å²) in [6, 6.07) is 14.5. The van der Waals surface area contributed by atoms with E-state index in [0.29, 0.717) is 46.7 Å². The summed E-state index contributed by atoms with van der Waals surface area (Å²) in [6.45, 7) is 3.15. The highest BCUT2D eigenvalue weighted by molar-refractivity contribution is 7.17. The van der Waals surface area contributed by atoms with Crippen LogP contribution < -0.4 is 9.47 Å². The SMILES string of the molecule is CCOC(=O)C1C(=O)c2sc(-c3cnn(Cc4ccccc4)c3)nc2CN1Cc1ccc(OC)cc1OC. The van der Waals surface area contributed by atoms with Gasteiger partial charge in [-0.2, -0.15) is 5.10 Å². The molecule has 0 radical (unpaired) electrons. The first-order valence-electron chi connectivity index (χ1n) is 12.2. The van der Waals surface area contributed by atoms with Crippen LogP contribution in [-0.4, -0.2) is 58.3 Å². The van der Waals surface area contributed by atoms with Gasteiger partial charge in [0.2, 0.25) is 5.78 Å². The zero-order valence-corrected chi connectivity index (χ0v) is 22.2. The van der Waals surface area contributed by atoms with Crippen molar-refractivity contribution in [3.63, 3.8) is 0 Å². The minimum Gasteiger partial charge on any atom is -0.497 e. The number of hydrogen-bond donors (Lipinski definition) is 0. The standard InChI is InChI=1S/C28H28N4O5S/c1-4-37-28(34)24-25(33)26-22(17-31(24)15-19-10-11-21(35-2)12-23(19)36-3)30-27(38-26)20-13-29-32(16-20)14-18-8-6-5-7-9-18/h5-13,16,24H,4,14-15,17H2,1-3H3. The van der Waals surface area contributed by atoms with Crippen molar-refractivity contribution in [2.75, 3.05) is 20.8 Å². The molecule has 3 heterocycles. The highest BCUT2D eigenvalue weighted by atomic mass is 32.1. The average Bonchev–Trinajstić information content (AvgIpc) is 3.57. The van der Waals surface area contributed by atoms with Crippen LogP contribution in [0.3, 0.4) is 0 Å². The number of ketones is 1. The highest BCUT2D eigenvalue weighted by Gasteiger charge is 2.42. The third-order valence-electron chi connectivity index (χ3n) is 6.33. The molecule has 196 valence electrons. The minimum atomic E-state index is -1.07. The van der Waals surface area contributed by atoms with Crippen LogP contribution in [0, 0.1) is 0 Å². The van der Waals surface area contributed by atoms with E-state index in [1.807, 2.05) is 53.3 Å². The molecule has 0 amide bonds. The van der Waals surface area contributed by atoms with Crippen LogP contribution in [0.25, 0.3) is 10.6 Å². The van der Waals surface area contributed by atoms with E-state index in [9.17, 15) is 9.59 Å². The van der Waals surface area contributed by atoms with Gasteiger partial charge in [0.25, 0.3) is 0 Å². The van der Waals surface area contributed by atoms with Gasteiger partial charge < -0.3 is 14.2 Å². The topological polar surface area (TPSA) is 95.8 Å². The van der Waals surface area contributed by atoms with E-state index < -0.39 is 12.0 Å². The molecular formula is C28H28N4O5S. The predicted octanol–water partition coefficient (Wildman–Crippen LogP) is 4.20. The second-order valence-corrected chi connectivity index (χ2v) is 9.81. The number of fused-ring (bicyclic) bond motifs is 1. The predicted molar refractivity (Wildman–Crippen MR) is 142 cm³/mol. The Labute approximate surface area is 224 Å². The molecule has 0 N–H and O–H groups in total. The summed E-state index contributed by atoms with van der Waals surface area (Å²) in [5.74, 6) is 0.385. The van der Waals surface area contributed by atoms with Crippen molar-refractivity contribution < 1.29 is 23.8 Å². The number of Topliss-reactive ketones (excluding diaryl/α,β-unsaturated/α-hetero) is 1. The van der Waals surface area contributed by atoms with Crippen LogP contribution in [0.1, 0.15) is 33.4 Å². The zero-order valence-electron chi connectivity index (χ0n) is 21.4. The molecule has 1 atom stereocenters. The molecule has 38 heavy (non-hydrogen) atoms. The van der Waals surface area contributed by atoms with Crippen LogP contribution in [0.15, 0.2) is 60.9 Å². The van der Waals surface area contributed by atoms with Crippen LogP contribution in [0.2, 0.25) is 0 Å². The van der Waals surface area contributed by atoms with E-state index in [0.717, 1.165) is 16.7 Å². The van der Waals surface area contributed by atoms with Crippen molar-refractivity contribution in [2.45, 2.75) is 32.6 Å². The molecule has 2 aromatic heterocycles. The second kappa shape index (κ2) is 11.2. The zero-order chi connectivity index (χ0) is 26.6. The number of methoxy groups -OCH3 is 2.